The van der Waals surface area contributed by atoms with E-state index < -0.39 is 0 Å². The van der Waals surface area contributed by atoms with Crippen LogP contribution in [0.4, 0.5) is 0 Å². The molecule has 2 amide bonds. The standard InChI is InChI=1S/C21H24N2O4/c1-15-3-5-19(26-2)16(13-15)4-6-20(24)22-18-7-10-23(11-8-18)21(25)17-9-12-27-14-17/h3-6,9,12-14,18H,7-8,10-11H2,1-2H3,(H,22,24)/b6-4+. The average Bonchev–Trinajstić information content (AvgIpc) is 3.21. The highest BCUT2D eigenvalue weighted by Crippen LogP contribution is 2.21. The van der Waals surface area contributed by atoms with Crippen LogP contribution in [0, 0.1) is 6.92 Å². The fraction of sp³-hybridized carbons (Fsp3) is 0.333. The van der Waals surface area contributed by atoms with Crippen molar-refractivity contribution < 1.29 is 18.7 Å². The van der Waals surface area contributed by atoms with E-state index in [1.54, 1.807) is 24.2 Å². The van der Waals surface area contributed by atoms with E-state index in [1.807, 2.05) is 25.1 Å². The highest BCUT2D eigenvalue weighted by Gasteiger charge is 2.24. The molecular formula is C21H24N2O4. The van der Waals surface area contributed by atoms with Crippen LogP contribution in [0.3, 0.4) is 0 Å². The molecule has 0 atom stereocenters. The molecule has 1 aliphatic heterocycles. The molecule has 1 aromatic heterocycles. The van der Waals surface area contributed by atoms with Crippen LogP contribution in [0.1, 0.15) is 34.3 Å². The smallest absolute Gasteiger partial charge is 0.257 e. The highest BCUT2D eigenvalue weighted by atomic mass is 16.5. The molecule has 3 rings (SSSR count). The van der Waals surface area contributed by atoms with Crippen molar-refractivity contribution in [2.24, 2.45) is 0 Å². The Bertz CT molecular complexity index is 819. The molecule has 2 aromatic rings. The largest absolute Gasteiger partial charge is 0.496 e. The van der Waals surface area contributed by atoms with Gasteiger partial charge in [0.1, 0.15) is 12.0 Å². The van der Waals surface area contributed by atoms with E-state index in [-0.39, 0.29) is 17.9 Å². The van der Waals surface area contributed by atoms with E-state index in [0.717, 1.165) is 29.7 Å². The van der Waals surface area contributed by atoms with E-state index in [4.69, 9.17) is 9.15 Å². The predicted octanol–water partition coefficient (Wildman–Crippen LogP) is 3.03. The van der Waals surface area contributed by atoms with E-state index >= 15 is 0 Å². The maximum atomic E-state index is 12.3. The predicted molar refractivity (Wildman–Crippen MR) is 103 cm³/mol. The molecule has 0 saturated carbocycles. The van der Waals surface area contributed by atoms with E-state index in [1.165, 1.54) is 18.6 Å². The van der Waals surface area contributed by atoms with E-state index in [2.05, 4.69) is 5.32 Å². The number of nitrogens with one attached hydrogen (secondary N) is 1. The molecule has 2 heterocycles. The van der Waals surface area contributed by atoms with Gasteiger partial charge in [-0.25, -0.2) is 0 Å². The molecule has 0 radical (unpaired) electrons. The van der Waals surface area contributed by atoms with Gasteiger partial charge in [0, 0.05) is 30.8 Å². The number of hydrogen-bond donors (Lipinski definition) is 1. The summed E-state index contributed by atoms with van der Waals surface area (Å²) in [7, 11) is 1.61. The monoisotopic (exact) mass is 368 g/mol. The van der Waals surface area contributed by atoms with E-state index in [0.29, 0.717) is 18.7 Å². The molecule has 142 valence electrons. The van der Waals surface area contributed by atoms with Crippen molar-refractivity contribution in [1.29, 1.82) is 0 Å². The lowest BCUT2D eigenvalue weighted by molar-refractivity contribution is -0.117. The summed E-state index contributed by atoms with van der Waals surface area (Å²) in [6, 6.07) is 7.56. The van der Waals surface area contributed by atoms with Crippen LogP contribution in [0.15, 0.2) is 47.3 Å². The number of hydrogen-bond acceptors (Lipinski definition) is 4. The number of rotatable bonds is 5. The number of benzene rings is 1. The second kappa shape index (κ2) is 8.58. The van der Waals surface area contributed by atoms with Crippen molar-refractivity contribution in [3.63, 3.8) is 0 Å². The molecule has 1 N–H and O–H groups in total. The summed E-state index contributed by atoms with van der Waals surface area (Å²) in [5.41, 5.74) is 2.53. The molecule has 1 fully saturated rings. The molecule has 6 nitrogen and oxygen atoms in total. The van der Waals surface area contributed by atoms with Gasteiger partial charge < -0.3 is 19.4 Å². The number of ether oxygens (including phenoxy) is 1. The highest BCUT2D eigenvalue weighted by molar-refractivity contribution is 5.94. The SMILES string of the molecule is COc1ccc(C)cc1/C=C/C(=O)NC1CCN(C(=O)c2ccoc2)CC1. The van der Waals surface area contributed by atoms with Crippen molar-refractivity contribution in [2.75, 3.05) is 20.2 Å². The molecule has 1 saturated heterocycles. The number of amides is 2. The van der Waals surface area contributed by atoms with Crippen LogP contribution in [0.25, 0.3) is 6.08 Å². The number of likely N-dealkylation sites (tertiary alicyclic amines) is 1. The Balaban J connectivity index is 1.51. The minimum Gasteiger partial charge on any atom is -0.496 e. The molecular weight excluding hydrogens is 344 g/mol. The summed E-state index contributed by atoms with van der Waals surface area (Å²) in [4.78, 5) is 26.3. The first-order chi connectivity index (χ1) is 13.1. The number of aryl methyl sites for hydroxylation is 1. The quantitative estimate of drug-likeness (QED) is 0.824. The fourth-order valence-electron chi connectivity index (χ4n) is 3.19. The topological polar surface area (TPSA) is 71.8 Å². The van der Waals surface area contributed by atoms with Crippen molar-refractivity contribution in [3.05, 3.63) is 59.6 Å². The van der Waals surface area contributed by atoms with Gasteiger partial charge in [-0.2, -0.15) is 0 Å². The van der Waals surface area contributed by atoms with Gasteiger partial charge in [0.2, 0.25) is 5.91 Å². The van der Waals surface area contributed by atoms with Crippen LogP contribution in [-0.4, -0.2) is 43.0 Å². The van der Waals surface area contributed by atoms with Gasteiger partial charge >= 0.3 is 0 Å². The van der Waals surface area contributed by atoms with Crippen molar-refractivity contribution in [2.45, 2.75) is 25.8 Å². The second-order valence-corrected chi connectivity index (χ2v) is 6.67. The molecule has 0 bridgehead atoms. The molecule has 27 heavy (non-hydrogen) atoms. The van der Waals surface area contributed by atoms with Gasteiger partial charge in [-0.05, 0) is 44.0 Å². The summed E-state index contributed by atoms with van der Waals surface area (Å²) >= 11 is 0. The number of furan rings is 1. The lowest BCUT2D eigenvalue weighted by Crippen LogP contribution is -2.46. The summed E-state index contributed by atoms with van der Waals surface area (Å²) in [6.45, 7) is 3.23. The number of nitrogens with zero attached hydrogens (tertiary/aromatic N) is 1. The Morgan fingerprint density at radius 2 is 2.04 bits per heavy atom. The third-order valence-electron chi connectivity index (χ3n) is 4.70. The summed E-state index contributed by atoms with van der Waals surface area (Å²) in [6.07, 6.45) is 7.71. The number of carbonyl (C=O) groups is 2. The van der Waals surface area contributed by atoms with Crippen molar-refractivity contribution in [3.8, 4) is 5.75 Å². The summed E-state index contributed by atoms with van der Waals surface area (Å²) in [5, 5.41) is 3.01. The Morgan fingerprint density at radius 1 is 1.26 bits per heavy atom. The Kier molecular flexibility index (Phi) is 5.96. The number of carbonyl (C=O) groups excluding carboxylic acids is 2. The molecule has 1 aromatic carbocycles. The first-order valence-electron chi connectivity index (χ1n) is 9.01. The van der Waals surface area contributed by atoms with Crippen LogP contribution >= 0.6 is 0 Å². The van der Waals surface area contributed by atoms with E-state index in [9.17, 15) is 9.59 Å². The molecule has 0 aliphatic carbocycles. The first-order valence-corrected chi connectivity index (χ1v) is 9.01. The minimum atomic E-state index is -0.141. The van der Waals surface area contributed by atoms with Gasteiger partial charge in [0.05, 0.1) is 18.9 Å². The molecule has 1 aliphatic rings. The maximum Gasteiger partial charge on any atom is 0.257 e. The Labute approximate surface area is 158 Å². The first kappa shape index (κ1) is 18.8. The lowest BCUT2D eigenvalue weighted by Gasteiger charge is -2.32. The Hall–Kier alpha value is -3.02. The van der Waals surface area contributed by atoms with Crippen LogP contribution in [-0.2, 0) is 4.79 Å². The minimum absolute atomic E-state index is 0.0278. The third kappa shape index (κ3) is 4.78. The van der Waals surface area contributed by atoms with Gasteiger partial charge in [-0.1, -0.05) is 11.6 Å². The van der Waals surface area contributed by atoms with Gasteiger partial charge in [0.15, 0.2) is 0 Å². The van der Waals surface area contributed by atoms with Crippen LogP contribution < -0.4 is 10.1 Å². The normalized spacial score (nSPS) is 15.1. The molecule has 0 spiro atoms. The van der Waals surface area contributed by atoms with Crippen LogP contribution in [0.2, 0.25) is 0 Å². The molecule has 6 heteroatoms. The zero-order valence-corrected chi connectivity index (χ0v) is 15.6. The Morgan fingerprint density at radius 3 is 2.70 bits per heavy atom. The lowest BCUT2D eigenvalue weighted by atomic mass is 10.0. The average molecular weight is 368 g/mol. The van der Waals surface area contributed by atoms with Gasteiger partial charge in [-0.3, -0.25) is 9.59 Å². The fourth-order valence-corrected chi connectivity index (χ4v) is 3.19. The third-order valence-corrected chi connectivity index (χ3v) is 4.70. The zero-order valence-electron chi connectivity index (χ0n) is 15.6. The summed E-state index contributed by atoms with van der Waals surface area (Å²) < 4.78 is 10.3. The van der Waals surface area contributed by atoms with Gasteiger partial charge in [0.25, 0.3) is 5.91 Å². The summed E-state index contributed by atoms with van der Waals surface area (Å²) in [5.74, 6) is 0.564. The second-order valence-electron chi connectivity index (χ2n) is 6.67. The molecule has 0 unspecified atom stereocenters. The zero-order chi connectivity index (χ0) is 19.2. The number of methoxy groups -OCH3 is 1. The van der Waals surface area contributed by atoms with Crippen LogP contribution in [0.5, 0.6) is 5.75 Å². The van der Waals surface area contributed by atoms with Gasteiger partial charge in [-0.15, -0.1) is 0 Å². The number of piperidine rings is 1. The maximum absolute atomic E-state index is 12.3. The van der Waals surface area contributed by atoms with Crippen molar-refractivity contribution >= 4 is 17.9 Å². The van der Waals surface area contributed by atoms with Crippen molar-refractivity contribution in [1.82, 2.24) is 10.2 Å².